The number of hydrogen-bond acceptors (Lipinski definition) is 3. The Morgan fingerprint density at radius 2 is 2.22 bits per heavy atom. The SMILES string of the molecule is CCc1nc(-c2cc(Cl)ccc2F)sc1CNC. The molecule has 0 amide bonds. The van der Waals surface area contributed by atoms with E-state index in [4.69, 9.17) is 11.6 Å². The lowest BCUT2D eigenvalue weighted by Crippen LogP contribution is -2.05. The van der Waals surface area contributed by atoms with Crippen LogP contribution in [-0.4, -0.2) is 12.0 Å². The number of nitrogens with one attached hydrogen (secondary N) is 1. The van der Waals surface area contributed by atoms with E-state index in [1.165, 1.54) is 17.4 Å². The number of aromatic nitrogens is 1. The van der Waals surface area contributed by atoms with Crippen molar-refractivity contribution in [3.05, 3.63) is 39.6 Å². The van der Waals surface area contributed by atoms with Crippen molar-refractivity contribution in [2.24, 2.45) is 0 Å². The van der Waals surface area contributed by atoms with Crippen LogP contribution in [0.3, 0.4) is 0 Å². The van der Waals surface area contributed by atoms with Crippen molar-refractivity contribution in [1.82, 2.24) is 10.3 Å². The van der Waals surface area contributed by atoms with Gasteiger partial charge in [0.25, 0.3) is 0 Å². The van der Waals surface area contributed by atoms with Gasteiger partial charge >= 0.3 is 0 Å². The van der Waals surface area contributed by atoms with Gasteiger partial charge in [0.15, 0.2) is 0 Å². The summed E-state index contributed by atoms with van der Waals surface area (Å²) in [6.45, 7) is 2.80. The van der Waals surface area contributed by atoms with E-state index < -0.39 is 0 Å². The summed E-state index contributed by atoms with van der Waals surface area (Å²) in [4.78, 5) is 5.65. The van der Waals surface area contributed by atoms with Crippen LogP contribution in [0.15, 0.2) is 18.2 Å². The van der Waals surface area contributed by atoms with Crippen LogP contribution in [0.1, 0.15) is 17.5 Å². The summed E-state index contributed by atoms with van der Waals surface area (Å²) in [5.41, 5.74) is 1.49. The molecule has 2 rings (SSSR count). The molecule has 18 heavy (non-hydrogen) atoms. The Labute approximate surface area is 115 Å². The maximum absolute atomic E-state index is 13.8. The Morgan fingerprint density at radius 3 is 2.89 bits per heavy atom. The summed E-state index contributed by atoms with van der Waals surface area (Å²) in [7, 11) is 1.89. The fourth-order valence-corrected chi connectivity index (χ4v) is 3.09. The van der Waals surface area contributed by atoms with Crippen molar-refractivity contribution in [3.8, 4) is 10.6 Å². The van der Waals surface area contributed by atoms with Gasteiger partial charge < -0.3 is 5.32 Å². The van der Waals surface area contributed by atoms with Gasteiger partial charge in [-0.3, -0.25) is 0 Å². The topological polar surface area (TPSA) is 24.9 Å². The molecular weight excluding hydrogens is 271 g/mol. The van der Waals surface area contributed by atoms with Gasteiger partial charge in [0.1, 0.15) is 10.8 Å². The summed E-state index contributed by atoms with van der Waals surface area (Å²) in [5.74, 6) is -0.285. The lowest BCUT2D eigenvalue weighted by molar-refractivity contribution is 0.631. The highest BCUT2D eigenvalue weighted by molar-refractivity contribution is 7.15. The zero-order valence-electron chi connectivity index (χ0n) is 10.3. The van der Waals surface area contributed by atoms with Gasteiger partial charge in [-0.25, -0.2) is 9.37 Å². The van der Waals surface area contributed by atoms with Gasteiger partial charge in [-0.15, -0.1) is 11.3 Å². The Kier molecular flexibility index (Phi) is 4.32. The highest BCUT2D eigenvalue weighted by Gasteiger charge is 2.14. The van der Waals surface area contributed by atoms with Crippen LogP contribution in [0, 0.1) is 5.82 Å². The number of aryl methyl sites for hydroxylation is 1. The Hall–Kier alpha value is -0.970. The van der Waals surface area contributed by atoms with Gasteiger partial charge in [0.05, 0.1) is 5.69 Å². The highest BCUT2D eigenvalue weighted by Crippen LogP contribution is 2.31. The summed E-state index contributed by atoms with van der Waals surface area (Å²) in [6, 6.07) is 4.55. The molecule has 2 nitrogen and oxygen atoms in total. The van der Waals surface area contributed by atoms with Gasteiger partial charge in [-0.2, -0.15) is 0 Å². The number of thiazole rings is 1. The molecule has 2 aromatic rings. The molecule has 96 valence electrons. The third-order valence-corrected chi connectivity index (χ3v) is 3.98. The highest BCUT2D eigenvalue weighted by atomic mass is 35.5. The van der Waals surface area contributed by atoms with Crippen LogP contribution >= 0.6 is 22.9 Å². The average Bonchev–Trinajstić information content (AvgIpc) is 2.76. The standard InChI is InChI=1S/C13H14ClFN2S/c1-3-11-12(7-16-2)18-13(17-11)9-6-8(14)4-5-10(9)15/h4-6,16H,3,7H2,1-2H3. The van der Waals surface area contributed by atoms with Crippen LogP contribution in [0.25, 0.3) is 10.6 Å². The molecule has 0 saturated carbocycles. The monoisotopic (exact) mass is 284 g/mol. The average molecular weight is 285 g/mol. The molecule has 0 spiro atoms. The molecule has 1 heterocycles. The first kappa shape index (κ1) is 13.5. The maximum atomic E-state index is 13.8. The molecule has 0 aliphatic carbocycles. The lowest BCUT2D eigenvalue weighted by atomic mass is 10.2. The first-order valence-electron chi connectivity index (χ1n) is 5.74. The minimum atomic E-state index is -0.285. The zero-order chi connectivity index (χ0) is 13.1. The first-order chi connectivity index (χ1) is 8.65. The smallest absolute Gasteiger partial charge is 0.133 e. The van der Waals surface area contributed by atoms with E-state index in [1.54, 1.807) is 12.1 Å². The number of benzene rings is 1. The quantitative estimate of drug-likeness (QED) is 0.921. The second-order valence-corrected chi connectivity index (χ2v) is 5.42. The zero-order valence-corrected chi connectivity index (χ0v) is 11.8. The third-order valence-electron chi connectivity index (χ3n) is 2.61. The molecule has 5 heteroatoms. The van der Waals surface area contributed by atoms with Crippen LogP contribution < -0.4 is 5.32 Å². The molecule has 1 aromatic carbocycles. The predicted molar refractivity (Wildman–Crippen MR) is 74.7 cm³/mol. The molecular formula is C13H14ClFN2S. The summed E-state index contributed by atoms with van der Waals surface area (Å²) in [5, 5.41) is 4.31. The molecule has 0 aliphatic rings. The number of nitrogens with zero attached hydrogens (tertiary/aromatic N) is 1. The molecule has 0 radical (unpaired) electrons. The second-order valence-electron chi connectivity index (χ2n) is 3.90. The first-order valence-corrected chi connectivity index (χ1v) is 6.93. The Morgan fingerprint density at radius 1 is 1.44 bits per heavy atom. The van der Waals surface area contributed by atoms with E-state index in [0.29, 0.717) is 15.6 Å². The fraction of sp³-hybridized carbons (Fsp3) is 0.308. The molecule has 1 N–H and O–H groups in total. The van der Waals surface area contributed by atoms with Crippen molar-refractivity contribution >= 4 is 22.9 Å². The molecule has 0 bridgehead atoms. The van der Waals surface area contributed by atoms with E-state index >= 15 is 0 Å². The predicted octanol–water partition coefficient (Wildman–Crippen LogP) is 3.88. The van der Waals surface area contributed by atoms with Crippen molar-refractivity contribution in [1.29, 1.82) is 0 Å². The number of hydrogen-bond donors (Lipinski definition) is 1. The lowest BCUT2D eigenvalue weighted by Gasteiger charge is -1.99. The summed E-state index contributed by atoms with van der Waals surface area (Å²) in [6.07, 6.45) is 0.843. The van der Waals surface area contributed by atoms with Crippen molar-refractivity contribution in [2.75, 3.05) is 7.05 Å². The van der Waals surface area contributed by atoms with Gasteiger partial charge in [-0.05, 0) is 31.7 Å². The minimum Gasteiger partial charge on any atom is -0.315 e. The van der Waals surface area contributed by atoms with E-state index in [-0.39, 0.29) is 5.82 Å². The van der Waals surface area contributed by atoms with Crippen molar-refractivity contribution < 1.29 is 4.39 Å². The summed E-state index contributed by atoms with van der Waals surface area (Å²) >= 11 is 7.42. The maximum Gasteiger partial charge on any atom is 0.133 e. The minimum absolute atomic E-state index is 0.285. The van der Waals surface area contributed by atoms with E-state index in [2.05, 4.69) is 10.3 Å². The number of halogens is 2. The largest absolute Gasteiger partial charge is 0.315 e. The molecule has 0 fully saturated rings. The Balaban J connectivity index is 2.47. The normalized spacial score (nSPS) is 10.9. The molecule has 0 aliphatic heterocycles. The van der Waals surface area contributed by atoms with E-state index in [9.17, 15) is 4.39 Å². The van der Waals surface area contributed by atoms with Gasteiger partial charge in [-0.1, -0.05) is 18.5 Å². The molecule has 1 aromatic heterocycles. The summed E-state index contributed by atoms with van der Waals surface area (Å²) < 4.78 is 13.8. The molecule has 0 atom stereocenters. The van der Waals surface area contributed by atoms with Crippen LogP contribution in [0.5, 0.6) is 0 Å². The van der Waals surface area contributed by atoms with Gasteiger partial charge in [0, 0.05) is 22.0 Å². The van der Waals surface area contributed by atoms with Crippen molar-refractivity contribution in [3.63, 3.8) is 0 Å². The molecule has 0 saturated heterocycles. The van der Waals surface area contributed by atoms with Crippen molar-refractivity contribution in [2.45, 2.75) is 19.9 Å². The van der Waals surface area contributed by atoms with Crippen LogP contribution in [0.4, 0.5) is 4.39 Å². The Bertz CT molecular complexity index is 554. The second kappa shape index (κ2) is 5.78. The van der Waals surface area contributed by atoms with E-state index in [1.807, 2.05) is 14.0 Å². The third kappa shape index (κ3) is 2.71. The van der Waals surface area contributed by atoms with Crippen LogP contribution in [-0.2, 0) is 13.0 Å². The van der Waals surface area contributed by atoms with Crippen LogP contribution in [0.2, 0.25) is 5.02 Å². The fourth-order valence-electron chi connectivity index (χ4n) is 1.73. The van der Waals surface area contributed by atoms with E-state index in [0.717, 1.165) is 23.5 Å². The number of rotatable bonds is 4. The van der Waals surface area contributed by atoms with Gasteiger partial charge in [0.2, 0.25) is 0 Å². The molecule has 0 unspecified atom stereocenters.